The van der Waals surface area contributed by atoms with E-state index in [1.165, 1.54) is 23.4 Å². The molecule has 0 radical (unpaired) electrons. The van der Waals surface area contributed by atoms with Crippen LogP contribution in [0.3, 0.4) is 0 Å². The predicted octanol–water partition coefficient (Wildman–Crippen LogP) is 4.30. The summed E-state index contributed by atoms with van der Waals surface area (Å²) in [5.41, 5.74) is 3.96. The van der Waals surface area contributed by atoms with Gasteiger partial charge in [-0.25, -0.2) is 0 Å². The third-order valence-electron chi connectivity index (χ3n) is 3.21. The van der Waals surface area contributed by atoms with Crippen molar-refractivity contribution in [1.29, 1.82) is 0 Å². The summed E-state index contributed by atoms with van der Waals surface area (Å²) in [4.78, 5) is 0. The first-order chi connectivity index (χ1) is 7.72. The molecule has 0 amide bonds. The van der Waals surface area contributed by atoms with Gasteiger partial charge in [0.05, 0.1) is 0 Å². The quantitative estimate of drug-likeness (QED) is 0.716. The van der Waals surface area contributed by atoms with Gasteiger partial charge in [0.1, 0.15) is 0 Å². The third kappa shape index (κ3) is 2.04. The first-order valence-electron chi connectivity index (χ1n) is 5.96. The van der Waals surface area contributed by atoms with E-state index in [0.717, 1.165) is 0 Å². The van der Waals surface area contributed by atoms with Crippen molar-refractivity contribution in [3.8, 4) is 5.69 Å². The molecule has 0 N–H and O–H groups in total. The molecule has 0 bridgehead atoms. The topological polar surface area (TPSA) is 4.93 Å². The summed E-state index contributed by atoms with van der Waals surface area (Å²) >= 11 is 0. The van der Waals surface area contributed by atoms with Crippen molar-refractivity contribution in [2.45, 2.75) is 33.1 Å². The SMILES string of the molecule is CCC(C)c1cccn1-c1ccc(C)cc1. The van der Waals surface area contributed by atoms with Gasteiger partial charge in [0, 0.05) is 17.6 Å². The second kappa shape index (κ2) is 4.56. The van der Waals surface area contributed by atoms with Gasteiger partial charge in [0.2, 0.25) is 0 Å². The lowest BCUT2D eigenvalue weighted by atomic mass is 10.1. The van der Waals surface area contributed by atoms with Crippen molar-refractivity contribution in [2.75, 3.05) is 0 Å². The van der Waals surface area contributed by atoms with E-state index in [1.807, 2.05) is 0 Å². The highest BCUT2D eigenvalue weighted by Gasteiger charge is 2.08. The van der Waals surface area contributed by atoms with Crippen molar-refractivity contribution < 1.29 is 0 Å². The fraction of sp³-hybridized carbons (Fsp3) is 0.333. The minimum Gasteiger partial charge on any atom is -0.321 e. The first kappa shape index (κ1) is 11.0. The lowest BCUT2D eigenvalue weighted by Gasteiger charge is -2.14. The Kier molecular flexibility index (Phi) is 3.14. The van der Waals surface area contributed by atoms with Gasteiger partial charge in [-0.2, -0.15) is 0 Å². The Morgan fingerprint density at radius 2 is 1.81 bits per heavy atom. The number of aryl methyl sites for hydroxylation is 1. The molecule has 1 aromatic heterocycles. The van der Waals surface area contributed by atoms with Gasteiger partial charge in [-0.15, -0.1) is 0 Å². The summed E-state index contributed by atoms with van der Waals surface area (Å²) in [6, 6.07) is 13.0. The number of nitrogens with zero attached hydrogens (tertiary/aromatic N) is 1. The van der Waals surface area contributed by atoms with Gasteiger partial charge in [-0.1, -0.05) is 31.5 Å². The minimum atomic E-state index is 0.608. The first-order valence-corrected chi connectivity index (χ1v) is 5.96. The largest absolute Gasteiger partial charge is 0.321 e. The van der Waals surface area contributed by atoms with Crippen LogP contribution < -0.4 is 0 Å². The Labute approximate surface area is 97.7 Å². The molecule has 1 atom stereocenters. The van der Waals surface area contributed by atoms with Gasteiger partial charge in [0.15, 0.2) is 0 Å². The van der Waals surface area contributed by atoms with Crippen LogP contribution in [0.2, 0.25) is 0 Å². The Morgan fingerprint density at radius 3 is 2.44 bits per heavy atom. The Hall–Kier alpha value is -1.50. The lowest BCUT2D eigenvalue weighted by Crippen LogP contribution is -2.02. The number of hydrogen-bond donors (Lipinski definition) is 0. The van der Waals surface area contributed by atoms with Gasteiger partial charge < -0.3 is 4.57 Å². The van der Waals surface area contributed by atoms with E-state index in [-0.39, 0.29) is 0 Å². The summed E-state index contributed by atoms with van der Waals surface area (Å²) in [6.45, 7) is 6.63. The number of aromatic nitrogens is 1. The molecular weight excluding hydrogens is 194 g/mol. The second-order valence-electron chi connectivity index (χ2n) is 4.45. The van der Waals surface area contributed by atoms with Crippen LogP contribution in [0, 0.1) is 6.92 Å². The van der Waals surface area contributed by atoms with E-state index < -0.39 is 0 Å². The summed E-state index contributed by atoms with van der Waals surface area (Å²) in [5, 5.41) is 0. The van der Waals surface area contributed by atoms with Crippen LogP contribution in [0.4, 0.5) is 0 Å². The van der Waals surface area contributed by atoms with Gasteiger partial charge >= 0.3 is 0 Å². The Balaban J connectivity index is 2.40. The summed E-state index contributed by atoms with van der Waals surface area (Å²) in [7, 11) is 0. The average Bonchev–Trinajstić information content (AvgIpc) is 2.78. The second-order valence-corrected chi connectivity index (χ2v) is 4.45. The molecule has 1 nitrogen and oxygen atoms in total. The highest BCUT2D eigenvalue weighted by molar-refractivity contribution is 5.37. The van der Waals surface area contributed by atoms with Crippen LogP contribution in [0.1, 0.15) is 37.4 Å². The number of rotatable bonds is 3. The van der Waals surface area contributed by atoms with Gasteiger partial charge in [-0.05, 0) is 43.5 Å². The molecule has 1 aromatic carbocycles. The molecule has 0 aliphatic carbocycles. The van der Waals surface area contributed by atoms with E-state index in [0.29, 0.717) is 5.92 Å². The standard InChI is InChI=1S/C15H19N/c1-4-13(3)15-6-5-11-16(15)14-9-7-12(2)8-10-14/h5-11,13H,4H2,1-3H3. The van der Waals surface area contributed by atoms with Crippen LogP contribution >= 0.6 is 0 Å². The maximum Gasteiger partial charge on any atom is 0.0452 e. The van der Waals surface area contributed by atoms with Crippen molar-refractivity contribution in [2.24, 2.45) is 0 Å². The molecule has 84 valence electrons. The molecular formula is C15H19N. The smallest absolute Gasteiger partial charge is 0.0452 e. The molecule has 0 aliphatic heterocycles. The molecule has 2 rings (SSSR count). The van der Waals surface area contributed by atoms with Crippen molar-refractivity contribution in [3.63, 3.8) is 0 Å². The van der Waals surface area contributed by atoms with Crippen LogP contribution in [-0.2, 0) is 0 Å². The van der Waals surface area contributed by atoms with Crippen LogP contribution in [0.25, 0.3) is 5.69 Å². The molecule has 0 spiro atoms. The zero-order valence-electron chi connectivity index (χ0n) is 10.3. The number of hydrogen-bond acceptors (Lipinski definition) is 0. The molecule has 1 heteroatoms. The fourth-order valence-corrected chi connectivity index (χ4v) is 1.95. The molecule has 0 saturated carbocycles. The van der Waals surface area contributed by atoms with Crippen LogP contribution in [0.15, 0.2) is 42.6 Å². The van der Waals surface area contributed by atoms with Gasteiger partial charge in [-0.3, -0.25) is 0 Å². The number of benzene rings is 1. The summed E-state index contributed by atoms with van der Waals surface area (Å²) < 4.78 is 2.29. The summed E-state index contributed by atoms with van der Waals surface area (Å²) in [5.74, 6) is 0.608. The zero-order valence-corrected chi connectivity index (χ0v) is 10.3. The van der Waals surface area contributed by atoms with Crippen molar-refractivity contribution >= 4 is 0 Å². The monoisotopic (exact) mass is 213 g/mol. The third-order valence-corrected chi connectivity index (χ3v) is 3.21. The molecule has 0 saturated heterocycles. The molecule has 1 heterocycles. The zero-order chi connectivity index (χ0) is 11.5. The molecule has 1 unspecified atom stereocenters. The van der Waals surface area contributed by atoms with E-state index in [2.05, 4.69) is 67.9 Å². The van der Waals surface area contributed by atoms with Crippen molar-refractivity contribution in [1.82, 2.24) is 4.57 Å². The average molecular weight is 213 g/mol. The highest BCUT2D eigenvalue weighted by Crippen LogP contribution is 2.22. The Bertz CT molecular complexity index is 451. The molecule has 16 heavy (non-hydrogen) atoms. The maximum atomic E-state index is 2.29. The van der Waals surface area contributed by atoms with E-state index in [4.69, 9.17) is 0 Å². The minimum absolute atomic E-state index is 0.608. The van der Waals surface area contributed by atoms with Crippen molar-refractivity contribution in [3.05, 3.63) is 53.9 Å². The lowest BCUT2D eigenvalue weighted by molar-refractivity contribution is 0.690. The van der Waals surface area contributed by atoms with E-state index in [1.54, 1.807) is 0 Å². The van der Waals surface area contributed by atoms with Crippen LogP contribution in [-0.4, -0.2) is 4.57 Å². The molecule has 0 fully saturated rings. The Morgan fingerprint density at radius 1 is 1.12 bits per heavy atom. The maximum absolute atomic E-state index is 2.29. The fourth-order valence-electron chi connectivity index (χ4n) is 1.95. The normalized spacial score (nSPS) is 12.7. The van der Waals surface area contributed by atoms with E-state index >= 15 is 0 Å². The van der Waals surface area contributed by atoms with Gasteiger partial charge in [0.25, 0.3) is 0 Å². The molecule has 0 aliphatic rings. The van der Waals surface area contributed by atoms with Crippen LogP contribution in [0.5, 0.6) is 0 Å². The summed E-state index contributed by atoms with van der Waals surface area (Å²) in [6.07, 6.45) is 3.32. The van der Waals surface area contributed by atoms with E-state index in [9.17, 15) is 0 Å². The highest BCUT2D eigenvalue weighted by atomic mass is 15.0. The predicted molar refractivity (Wildman–Crippen MR) is 69.2 cm³/mol. The molecule has 2 aromatic rings.